The summed E-state index contributed by atoms with van der Waals surface area (Å²) >= 11 is 1.17. The lowest BCUT2D eigenvalue weighted by Crippen LogP contribution is -2.27. The van der Waals surface area contributed by atoms with E-state index in [0.717, 1.165) is 35.4 Å². The first-order chi connectivity index (χ1) is 12.2. The first-order valence-electron chi connectivity index (χ1n) is 9.24. The number of rotatable bonds is 3. The fourth-order valence-corrected chi connectivity index (χ4v) is 4.39. The third-order valence-electron chi connectivity index (χ3n) is 5.69. The monoisotopic (exact) mass is 377 g/mol. The van der Waals surface area contributed by atoms with Gasteiger partial charge < -0.3 is 0 Å². The van der Waals surface area contributed by atoms with Crippen LogP contribution in [0.3, 0.4) is 0 Å². The Morgan fingerprint density at radius 1 is 1.27 bits per heavy atom. The number of carbonyl (C=O) groups excluding carboxylic acids is 1. The number of aromatic nitrogens is 2. The number of benzene rings is 1. The van der Waals surface area contributed by atoms with Crippen molar-refractivity contribution in [1.29, 1.82) is 0 Å². The largest absolute Gasteiger partial charge is 0.296 e. The molecule has 0 spiro atoms. The Morgan fingerprint density at radius 2 is 1.92 bits per heavy atom. The van der Waals surface area contributed by atoms with E-state index in [0.29, 0.717) is 11.5 Å². The summed E-state index contributed by atoms with van der Waals surface area (Å²) in [5.41, 5.74) is 2.04. The van der Waals surface area contributed by atoms with Crippen LogP contribution in [0.4, 0.5) is 4.39 Å². The van der Waals surface area contributed by atoms with Gasteiger partial charge in [0, 0.05) is 17.7 Å². The average Bonchev–Trinajstić information content (AvgIpc) is 2.89. The van der Waals surface area contributed by atoms with Crippen LogP contribution in [0.5, 0.6) is 0 Å². The zero-order valence-electron chi connectivity index (χ0n) is 16.2. The van der Waals surface area contributed by atoms with E-state index in [1.165, 1.54) is 30.9 Å². The summed E-state index contributed by atoms with van der Waals surface area (Å²) in [6.45, 7) is 8.85. The van der Waals surface area contributed by atoms with Gasteiger partial charge in [0.25, 0.3) is 5.91 Å². The summed E-state index contributed by atoms with van der Waals surface area (Å²) < 4.78 is 19.1. The van der Waals surface area contributed by atoms with E-state index < -0.39 is 11.7 Å². The number of hydrogen-bond donors (Lipinski definition) is 1. The number of halogens is 1. The van der Waals surface area contributed by atoms with Gasteiger partial charge in [0.05, 0.1) is 22.8 Å². The molecule has 1 aromatic carbocycles. The molecule has 1 aliphatic rings. The van der Waals surface area contributed by atoms with Crippen molar-refractivity contribution in [2.24, 2.45) is 11.3 Å². The van der Waals surface area contributed by atoms with Crippen molar-refractivity contribution in [3.8, 4) is 0 Å². The highest BCUT2D eigenvalue weighted by molar-refractivity contribution is 7.97. The maximum absolute atomic E-state index is 14.6. The number of fused-ring (bicyclic) bond motifs is 1. The first kappa shape index (κ1) is 19.2. The van der Waals surface area contributed by atoms with Crippen molar-refractivity contribution < 1.29 is 9.18 Å². The number of hydrogen-bond acceptors (Lipinski definition) is 3. The smallest absolute Gasteiger partial charge is 0.264 e. The Hall–Kier alpha value is -1.56. The molecular weight excluding hydrogens is 349 g/mol. The summed E-state index contributed by atoms with van der Waals surface area (Å²) in [5.74, 6) is -0.177. The van der Waals surface area contributed by atoms with Gasteiger partial charge in [0.15, 0.2) is 0 Å². The number of nitrogens with zero attached hydrogens (tertiary/aromatic N) is 2. The molecule has 0 atom stereocenters. The van der Waals surface area contributed by atoms with Crippen LogP contribution in [0.2, 0.25) is 0 Å². The van der Waals surface area contributed by atoms with Gasteiger partial charge in [-0.25, -0.2) is 4.39 Å². The maximum Gasteiger partial charge on any atom is 0.264 e. The highest BCUT2D eigenvalue weighted by Crippen LogP contribution is 2.42. The predicted molar refractivity (Wildman–Crippen MR) is 106 cm³/mol. The van der Waals surface area contributed by atoms with Crippen LogP contribution in [-0.4, -0.2) is 21.9 Å². The lowest BCUT2D eigenvalue weighted by molar-refractivity contribution is 0.0981. The molecule has 0 saturated heterocycles. The van der Waals surface area contributed by atoms with Crippen LogP contribution in [0, 0.1) is 24.1 Å². The van der Waals surface area contributed by atoms with Gasteiger partial charge in [-0.15, -0.1) is 0 Å². The van der Waals surface area contributed by atoms with Crippen LogP contribution in [-0.2, 0) is 0 Å². The molecule has 1 aromatic heterocycles. The molecule has 1 N–H and O–H groups in total. The Bertz CT molecular complexity index is 817. The molecule has 142 valence electrons. The summed E-state index contributed by atoms with van der Waals surface area (Å²) in [6.07, 6.45) is 6.21. The van der Waals surface area contributed by atoms with Gasteiger partial charge in [0.2, 0.25) is 0 Å². The Kier molecular flexibility index (Phi) is 5.33. The van der Waals surface area contributed by atoms with Gasteiger partial charge >= 0.3 is 0 Å². The fourth-order valence-electron chi connectivity index (χ4n) is 4.10. The maximum atomic E-state index is 14.6. The molecule has 3 rings (SSSR count). The van der Waals surface area contributed by atoms with Crippen molar-refractivity contribution in [2.45, 2.75) is 59.4 Å². The number of nitrogens with one attached hydrogen (secondary N) is 1. The van der Waals surface area contributed by atoms with Crippen molar-refractivity contribution in [2.75, 3.05) is 6.26 Å². The van der Waals surface area contributed by atoms with E-state index in [4.69, 9.17) is 5.10 Å². The van der Waals surface area contributed by atoms with Crippen LogP contribution in [0.15, 0.2) is 12.1 Å². The minimum atomic E-state index is -0.492. The minimum Gasteiger partial charge on any atom is -0.296 e. The molecule has 6 heteroatoms. The second kappa shape index (κ2) is 7.22. The minimum absolute atomic E-state index is 0.0749. The molecule has 0 bridgehead atoms. The van der Waals surface area contributed by atoms with Crippen molar-refractivity contribution >= 4 is 28.8 Å². The van der Waals surface area contributed by atoms with E-state index in [1.54, 1.807) is 12.3 Å². The lowest BCUT2D eigenvalue weighted by atomic mass is 9.71. The highest BCUT2D eigenvalue weighted by Gasteiger charge is 2.31. The zero-order valence-corrected chi connectivity index (χ0v) is 17.0. The molecule has 0 aliphatic heterocycles. The number of amides is 1. The van der Waals surface area contributed by atoms with Crippen molar-refractivity contribution in [1.82, 2.24) is 14.5 Å². The summed E-state index contributed by atoms with van der Waals surface area (Å²) in [4.78, 5) is 12.1. The average molecular weight is 378 g/mol. The third kappa shape index (κ3) is 3.61. The molecule has 1 amide bonds. The summed E-state index contributed by atoms with van der Waals surface area (Å²) in [7, 11) is 0. The van der Waals surface area contributed by atoms with E-state index in [9.17, 15) is 9.18 Å². The summed E-state index contributed by atoms with van der Waals surface area (Å²) in [5, 5.41) is 5.56. The third-order valence-corrected chi connectivity index (χ3v) is 6.08. The molecule has 4 nitrogen and oxygen atoms in total. The Labute approximate surface area is 159 Å². The van der Waals surface area contributed by atoms with E-state index in [2.05, 4.69) is 25.5 Å². The standard InChI is InChI=1S/C20H28FN3OS/c1-12-15-10-16(19(25)23-26-5)17(21)11-18(15)24(22-12)14-8-6-13(7-9-14)20(2,3)4/h10-11,13-14H,6-9H2,1-5H3,(H,23,25). The normalized spacial score (nSPS) is 21.2. The topological polar surface area (TPSA) is 46.9 Å². The molecule has 1 aliphatic carbocycles. The van der Waals surface area contributed by atoms with Gasteiger partial charge in [-0.05, 0) is 50.0 Å². The number of carbonyl (C=O) groups is 1. The molecule has 2 aromatic rings. The Balaban J connectivity index is 1.92. The van der Waals surface area contributed by atoms with Gasteiger partial charge in [-0.2, -0.15) is 5.10 Å². The molecular formula is C20H28FN3OS. The van der Waals surface area contributed by atoms with E-state index >= 15 is 0 Å². The van der Waals surface area contributed by atoms with Crippen LogP contribution in [0.1, 0.15) is 68.5 Å². The number of aryl methyl sites for hydroxylation is 1. The van der Waals surface area contributed by atoms with E-state index in [-0.39, 0.29) is 5.56 Å². The predicted octanol–water partition coefficient (Wildman–Crippen LogP) is 5.27. The van der Waals surface area contributed by atoms with Crippen LogP contribution in [0.25, 0.3) is 10.9 Å². The molecule has 0 unspecified atom stereocenters. The second-order valence-electron chi connectivity index (χ2n) is 8.39. The van der Waals surface area contributed by atoms with Gasteiger partial charge in [-0.3, -0.25) is 14.2 Å². The molecule has 26 heavy (non-hydrogen) atoms. The van der Waals surface area contributed by atoms with Gasteiger partial charge in [-0.1, -0.05) is 32.7 Å². The Morgan fingerprint density at radius 3 is 2.50 bits per heavy atom. The second-order valence-corrected chi connectivity index (χ2v) is 9.00. The fraction of sp³-hybridized carbons (Fsp3) is 0.600. The van der Waals surface area contributed by atoms with Crippen LogP contribution < -0.4 is 4.72 Å². The lowest BCUT2D eigenvalue weighted by Gasteiger charge is -2.37. The van der Waals surface area contributed by atoms with Crippen molar-refractivity contribution in [3.05, 3.63) is 29.2 Å². The molecule has 1 heterocycles. The quantitative estimate of drug-likeness (QED) is 0.741. The van der Waals surface area contributed by atoms with Crippen molar-refractivity contribution in [3.63, 3.8) is 0 Å². The molecule has 0 radical (unpaired) electrons. The van der Waals surface area contributed by atoms with E-state index in [1.807, 2.05) is 11.6 Å². The molecule has 1 saturated carbocycles. The SMILES string of the molecule is CSNC(=O)c1cc2c(C)nn(C3CCC(C(C)(C)C)CC3)c2cc1F. The summed E-state index contributed by atoms with van der Waals surface area (Å²) in [6, 6.07) is 3.41. The van der Waals surface area contributed by atoms with Gasteiger partial charge in [0.1, 0.15) is 5.82 Å². The van der Waals surface area contributed by atoms with Crippen LogP contribution >= 0.6 is 11.9 Å². The first-order valence-corrected chi connectivity index (χ1v) is 10.5. The molecule has 1 fully saturated rings. The zero-order chi connectivity index (χ0) is 19.1. The highest BCUT2D eigenvalue weighted by atomic mass is 32.2.